The second-order valence-corrected chi connectivity index (χ2v) is 5.78. The largest absolute Gasteiger partial charge is 0.352 e. The van der Waals surface area contributed by atoms with Gasteiger partial charge in [0, 0.05) is 18.4 Å². The summed E-state index contributed by atoms with van der Waals surface area (Å²) >= 11 is 5.07. The molecule has 2 N–H and O–H groups in total. The Bertz CT molecular complexity index is 800. The number of amides is 2. The lowest BCUT2D eigenvalue weighted by Crippen LogP contribution is -2.42. The Morgan fingerprint density at radius 1 is 1.22 bits per heavy atom. The van der Waals surface area contributed by atoms with Crippen molar-refractivity contribution < 1.29 is 9.59 Å². The predicted octanol–water partition coefficient (Wildman–Crippen LogP) is 2.45. The fourth-order valence-corrected chi connectivity index (χ4v) is 2.97. The molecule has 3 rings (SSSR count). The number of nitrogens with one attached hydrogen (secondary N) is 2. The molecule has 2 aromatic rings. The van der Waals surface area contributed by atoms with E-state index >= 15 is 0 Å². The van der Waals surface area contributed by atoms with Crippen LogP contribution >= 0.6 is 12.2 Å². The number of hydrogen-bond donors (Lipinski definition) is 2. The first-order chi connectivity index (χ1) is 11.2. The third-order valence-corrected chi connectivity index (χ3v) is 4.21. The lowest BCUT2D eigenvalue weighted by Gasteiger charge is -2.29. The van der Waals surface area contributed by atoms with Crippen LogP contribution in [0.5, 0.6) is 0 Å². The number of aromatic amines is 1. The van der Waals surface area contributed by atoms with E-state index in [4.69, 9.17) is 12.2 Å². The zero-order chi connectivity index (χ0) is 16.2. The number of H-pyrrole nitrogens is 1. The predicted molar refractivity (Wildman–Crippen MR) is 91.1 cm³/mol. The molecule has 5 nitrogen and oxygen atoms in total. The van der Waals surface area contributed by atoms with Crippen LogP contribution in [0.15, 0.2) is 42.6 Å². The van der Waals surface area contributed by atoms with Gasteiger partial charge >= 0.3 is 0 Å². The van der Waals surface area contributed by atoms with Gasteiger partial charge in [0.05, 0.1) is 12.1 Å². The van der Waals surface area contributed by atoms with E-state index in [0.717, 1.165) is 18.5 Å². The molecular weight excluding hydrogens is 310 g/mol. The minimum atomic E-state index is -0.342. The van der Waals surface area contributed by atoms with Gasteiger partial charge in [0.15, 0.2) is 0 Å². The van der Waals surface area contributed by atoms with Gasteiger partial charge in [-0.05, 0) is 36.6 Å². The van der Waals surface area contributed by atoms with Crippen LogP contribution in [0.3, 0.4) is 0 Å². The number of benzene rings is 1. The van der Waals surface area contributed by atoms with Crippen molar-refractivity contribution in [3.63, 3.8) is 0 Å². The molecule has 2 heterocycles. The van der Waals surface area contributed by atoms with Crippen molar-refractivity contribution in [2.24, 2.45) is 0 Å². The molecule has 1 aliphatic heterocycles. The lowest BCUT2D eigenvalue weighted by atomic mass is 10.0. The molecule has 1 aromatic carbocycles. The summed E-state index contributed by atoms with van der Waals surface area (Å²) in [5, 5.41) is 2.65. The molecule has 118 valence electrons. The smallest absolute Gasteiger partial charge is 0.254 e. The molecule has 1 aliphatic rings. The highest BCUT2D eigenvalue weighted by Crippen LogP contribution is 2.26. The van der Waals surface area contributed by atoms with Gasteiger partial charge in [0.25, 0.3) is 5.91 Å². The van der Waals surface area contributed by atoms with Crippen LogP contribution < -0.4 is 10.2 Å². The molecular formula is C17H17N3O2S. The van der Waals surface area contributed by atoms with Gasteiger partial charge in [0.2, 0.25) is 5.91 Å². The van der Waals surface area contributed by atoms with Gasteiger partial charge in [-0.2, -0.15) is 0 Å². The number of carbonyl (C=O) groups is 2. The number of pyridine rings is 1. The number of para-hydroxylation sites is 1. The van der Waals surface area contributed by atoms with Gasteiger partial charge in [-0.1, -0.05) is 30.4 Å². The average molecular weight is 327 g/mol. The third kappa shape index (κ3) is 3.32. The topological polar surface area (TPSA) is 65.2 Å². The van der Waals surface area contributed by atoms with Crippen LogP contribution in [-0.2, 0) is 11.2 Å². The van der Waals surface area contributed by atoms with Crippen molar-refractivity contribution in [3.8, 4) is 0 Å². The Kier molecular flexibility index (Phi) is 4.52. The Labute approximate surface area is 139 Å². The zero-order valence-corrected chi connectivity index (χ0v) is 13.4. The Morgan fingerprint density at radius 3 is 2.87 bits per heavy atom. The van der Waals surface area contributed by atoms with Crippen molar-refractivity contribution in [1.82, 2.24) is 10.3 Å². The summed E-state index contributed by atoms with van der Waals surface area (Å²) in [4.78, 5) is 29.1. The van der Waals surface area contributed by atoms with Crippen LogP contribution in [-0.4, -0.2) is 29.9 Å². The van der Waals surface area contributed by atoms with E-state index in [0.29, 0.717) is 16.7 Å². The second-order valence-electron chi connectivity index (χ2n) is 5.37. The highest BCUT2D eigenvalue weighted by atomic mass is 32.1. The van der Waals surface area contributed by atoms with E-state index in [-0.39, 0.29) is 18.4 Å². The molecule has 1 aromatic heterocycles. The summed E-state index contributed by atoms with van der Waals surface area (Å²) in [5.74, 6) is -0.457. The molecule has 0 bridgehead atoms. The van der Waals surface area contributed by atoms with E-state index in [9.17, 15) is 9.59 Å². The zero-order valence-electron chi connectivity index (χ0n) is 12.5. The van der Waals surface area contributed by atoms with Crippen molar-refractivity contribution >= 4 is 29.7 Å². The number of nitrogens with zero attached hydrogens (tertiary/aromatic N) is 1. The number of rotatable bonds is 3. The Hall–Kier alpha value is -2.47. The first-order valence-corrected chi connectivity index (χ1v) is 7.92. The first-order valence-electron chi connectivity index (χ1n) is 7.51. The number of anilines is 1. The average Bonchev–Trinajstić information content (AvgIpc) is 2.59. The molecule has 0 radical (unpaired) electrons. The molecule has 0 unspecified atom stereocenters. The second kappa shape index (κ2) is 6.75. The monoisotopic (exact) mass is 327 g/mol. The highest BCUT2D eigenvalue weighted by molar-refractivity contribution is 7.71. The van der Waals surface area contributed by atoms with E-state index < -0.39 is 0 Å². The summed E-state index contributed by atoms with van der Waals surface area (Å²) < 4.78 is 0.362. The lowest BCUT2D eigenvalue weighted by molar-refractivity contribution is -0.117. The Balaban J connectivity index is 1.68. The van der Waals surface area contributed by atoms with Crippen LogP contribution in [0.4, 0.5) is 5.69 Å². The maximum absolute atomic E-state index is 12.5. The summed E-state index contributed by atoms with van der Waals surface area (Å²) in [7, 11) is 0. The van der Waals surface area contributed by atoms with Gasteiger partial charge in [-0.15, -0.1) is 0 Å². The van der Waals surface area contributed by atoms with Gasteiger partial charge < -0.3 is 15.2 Å². The maximum Gasteiger partial charge on any atom is 0.254 e. The molecule has 0 saturated carbocycles. The van der Waals surface area contributed by atoms with Crippen molar-refractivity contribution in [1.29, 1.82) is 0 Å². The van der Waals surface area contributed by atoms with E-state index in [2.05, 4.69) is 10.3 Å². The SMILES string of the molecule is O=C(NCC(=O)N1CCCc2ccccc21)c1ccc[nH]c1=S. The van der Waals surface area contributed by atoms with Crippen molar-refractivity contribution in [3.05, 3.63) is 58.4 Å². The molecule has 0 spiro atoms. The van der Waals surface area contributed by atoms with E-state index in [1.807, 2.05) is 24.3 Å². The number of aryl methyl sites for hydroxylation is 1. The van der Waals surface area contributed by atoms with E-state index in [1.54, 1.807) is 23.2 Å². The summed E-state index contributed by atoms with van der Waals surface area (Å²) in [6, 6.07) is 11.2. The maximum atomic E-state index is 12.5. The molecule has 23 heavy (non-hydrogen) atoms. The molecule has 6 heteroatoms. The van der Waals surface area contributed by atoms with E-state index in [1.165, 1.54) is 5.56 Å². The quantitative estimate of drug-likeness (QED) is 0.851. The first kappa shape index (κ1) is 15.4. The van der Waals surface area contributed by atoms with Crippen LogP contribution in [0.1, 0.15) is 22.3 Å². The van der Waals surface area contributed by atoms with Gasteiger partial charge in [-0.3, -0.25) is 9.59 Å². The Morgan fingerprint density at radius 2 is 2.04 bits per heavy atom. The minimum absolute atomic E-state index is 0.0448. The minimum Gasteiger partial charge on any atom is -0.352 e. The summed E-state index contributed by atoms with van der Waals surface area (Å²) in [5.41, 5.74) is 2.48. The fraction of sp³-hybridized carbons (Fsp3) is 0.235. The van der Waals surface area contributed by atoms with Crippen LogP contribution in [0.25, 0.3) is 0 Å². The fourth-order valence-electron chi connectivity index (χ4n) is 2.74. The van der Waals surface area contributed by atoms with Crippen molar-refractivity contribution in [2.45, 2.75) is 12.8 Å². The van der Waals surface area contributed by atoms with Gasteiger partial charge in [0.1, 0.15) is 4.64 Å². The highest BCUT2D eigenvalue weighted by Gasteiger charge is 2.22. The molecule has 0 fully saturated rings. The number of hydrogen-bond acceptors (Lipinski definition) is 3. The molecule has 2 amide bonds. The van der Waals surface area contributed by atoms with Crippen LogP contribution in [0, 0.1) is 4.64 Å². The number of fused-ring (bicyclic) bond motifs is 1. The molecule has 0 aliphatic carbocycles. The third-order valence-electron chi connectivity index (χ3n) is 3.87. The van der Waals surface area contributed by atoms with Gasteiger partial charge in [-0.25, -0.2) is 0 Å². The van der Waals surface area contributed by atoms with Crippen LogP contribution in [0.2, 0.25) is 0 Å². The van der Waals surface area contributed by atoms with Crippen molar-refractivity contribution in [2.75, 3.05) is 18.0 Å². The molecule has 0 atom stereocenters. The summed E-state index contributed by atoms with van der Waals surface area (Å²) in [6.45, 7) is 0.633. The molecule has 0 saturated heterocycles. The summed E-state index contributed by atoms with van der Waals surface area (Å²) in [6.07, 6.45) is 3.57. The number of aromatic nitrogens is 1. The standard InChI is InChI=1S/C17H17N3O2S/c21-15(11-19-16(22)13-7-3-9-18-17(13)23)20-10-4-6-12-5-1-2-8-14(12)20/h1-3,5,7-9H,4,6,10-11H2,(H,18,23)(H,19,22). The normalized spacial score (nSPS) is 13.3. The number of carbonyl (C=O) groups excluding carboxylic acids is 2.